The highest BCUT2D eigenvalue weighted by atomic mass is 16.6. The molecule has 0 spiro atoms. The summed E-state index contributed by atoms with van der Waals surface area (Å²) < 4.78 is 5.39. The summed E-state index contributed by atoms with van der Waals surface area (Å²) in [5.41, 5.74) is -0.500. The van der Waals surface area contributed by atoms with Gasteiger partial charge in [-0.25, -0.2) is 4.79 Å². The molecule has 3 atom stereocenters. The fourth-order valence-corrected chi connectivity index (χ4v) is 3.09. The Bertz CT molecular complexity index is 345. The molecule has 1 amide bonds. The normalized spacial score (nSPS) is 31.8. The topological polar surface area (TPSA) is 46.6 Å². The van der Waals surface area contributed by atoms with Crippen LogP contribution in [0.3, 0.4) is 0 Å². The van der Waals surface area contributed by atoms with Crippen LogP contribution in [-0.2, 0) is 9.53 Å². The Hall–Kier alpha value is -1.06. The van der Waals surface area contributed by atoms with E-state index in [1.54, 1.807) is 11.8 Å². The lowest BCUT2D eigenvalue weighted by Gasteiger charge is -2.35. The van der Waals surface area contributed by atoms with Gasteiger partial charge in [0.15, 0.2) is 5.78 Å². The van der Waals surface area contributed by atoms with Gasteiger partial charge in [0.25, 0.3) is 0 Å². The van der Waals surface area contributed by atoms with Crippen LogP contribution in [0, 0.1) is 5.92 Å². The van der Waals surface area contributed by atoms with Crippen molar-refractivity contribution in [1.82, 2.24) is 4.90 Å². The molecule has 17 heavy (non-hydrogen) atoms. The fourth-order valence-electron chi connectivity index (χ4n) is 3.09. The standard InChI is InChI=1S/C13H21NO3/c1-8(15)11-9-5-6-10(7-9)14(11)12(16)17-13(2,3)4/h9-11H,5-7H2,1-4H3/t9-,10-,11+/m0/s1. The van der Waals surface area contributed by atoms with Gasteiger partial charge in [0, 0.05) is 6.04 Å². The zero-order valence-electron chi connectivity index (χ0n) is 11.0. The molecule has 0 N–H and O–H groups in total. The van der Waals surface area contributed by atoms with E-state index in [1.807, 2.05) is 20.8 Å². The van der Waals surface area contributed by atoms with E-state index in [0.29, 0.717) is 5.92 Å². The molecule has 1 saturated carbocycles. The Kier molecular flexibility index (Phi) is 2.92. The zero-order chi connectivity index (χ0) is 12.8. The molecule has 0 aromatic carbocycles. The van der Waals surface area contributed by atoms with Gasteiger partial charge in [0.2, 0.25) is 0 Å². The number of hydrogen-bond donors (Lipinski definition) is 0. The molecular formula is C13H21NO3. The van der Waals surface area contributed by atoms with Gasteiger partial charge < -0.3 is 4.74 Å². The maximum absolute atomic E-state index is 12.1. The average Bonchev–Trinajstić information content (AvgIpc) is 2.72. The lowest BCUT2D eigenvalue weighted by molar-refractivity contribution is -0.123. The average molecular weight is 239 g/mol. The van der Waals surface area contributed by atoms with Gasteiger partial charge in [-0.05, 0) is 52.9 Å². The van der Waals surface area contributed by atoms with Gasteiger partial charge in [-0.3, -0.25) is 9.69 Å². The molecular weight excluding hydrogens is 218 g/mol. The minimum absolute atomic E-state index is 0.0862. The molecule has 4 nitrogen and oxygen atoms in total. The lowest BCUT2D eigenvalue weighted by Crippen LogP contribution is -2.50. The number of ether oxygens (including phenoxy) is 1. The maximum atomic E-state index is 12.1. The number of carbonyl (C=O) groups is 2. The van der Waals surface area contributed by atoms with E-state index in [1.165, 1.54) is 0 Å². The number of carbonyl (C=O) groups excluding carboxylic acids is 2. The predicted molar refractivity (Wildman–Crippen MR) is 63.7 cm³/mol. The van der Waals surface area contributed by atoms with Crippen LogP contribution >= 0.6 is 0 Å². The fraction of sp³-hybridized carbons (Fsp3) is 0.846. The van der Waals surface area contributed by atoms with Crippen LogP contribution in [-0.4, -0.2) is 34.5 Å². The number of hydrogen-bond acceptors (Lipinski definition) is 3. The summed E-state index contributed by atoms with van der Waals surface area (Å²) in [4.78, 5) is 25.5. The molecule has 96 valence electrons. The monoisotopic (exact) mass is 239 g/mol. The van der Waals surface area contributed by atoms with Crippen LogP contribution < -0.4 is 0 Å². The second-order valence-corrected chi connectivity index (χ2v) is 6.17. The number of fused-ring (bicyclic) bond motifs is 2. The Balaban J connectivity index is 2.14. The number of ketones is 1. The first kappa shape index (κ1) is 12.4. The Morgan fingerprint density at radius 1 is 1.24 bits per heavy atom. The third-order valence-electron chi connectivity index (χ3n) is 3.61. The molecule has 0 aromatic heterocycles. The van der Waals surface area contributed by atoms with E-state index in [4.69, 9.17) is 4.74 Å². The molecule has 0 unspecified atom stereocenters. The molecule has 0 aromatic rings. The largest absolute Gasteiger partial charge is 0.444 e. The Morgan fingerprint density at radius 3 is 2.41 bits per heavy atom. The summed E-state index contributed by atoms with van der Waals surface area (Å²) in [6.45, 7) is 7.12. The van der Waals surface area contributed by atoms with Crippen molar-refractivity contribution in [1.29, 1.82) is 0 Å². The molecule has 1 aliphatic heterocycles. The van der Waals surface area contributed by atoms with Crippen molar-refractivity contribution in [3.05, 3.63) is 0 Å². The van der Waals surface area contributed by atoms with Crippen molar-refractivity contribution >= 4 is 11.9 Å². The van der Waals surface area contributed by atoms with Crippen molar-refractivity contribution in [2.45, 2.75) is 64.6 Å². The van der Waals surface area contributed by atoms with E-state index in [0.717, 1.165) is 19.3 Å². The highest BCUT2D eigenvalue weighted by Gasteiger charge is 2.51. The molecule has 1 aliphatic carbocycles. The van der Waals surface area contributed by atoms with Crippen LogP contribution in [0.5, 0.6) is 0 Å². The van der Waals surface area contributed by atoms with Crippen molar-refractivity contribution in [2.75, 3.05) is 0 Å². The van der Waals surface area contributed by atoms with Crippen LogP contribution in [0.2, 0.25) is 0 Å². The third kappa shape index (κ3) is 2.31. The van der Waals surface area contributed by atoms with Crippen molar-refractivity contribution in [2.24, 2.45) is 5.92 Å². The molecule has 1 heterocycles. The molecule has 4 heteroatoms. The first-order chi connectivity index (χ1) is 7.79. The van der Waals surface area contributed by atoms with Crippen molar-refractivity contribution in [3.8, 4) is 0 Å². The zero-order valence-corrected chi connectivity index (χ0v) is 11.0. The lowest BCUT2D eigenvalue weighted by atomic mass is 9.96. The van der Waals surface area contributed by atoms with Crippen LogP contribution in [0.25, 0.3) is 0 Å². The van der Waals surface area contributed by atoms with Crippen molar-refractivity contribution < 1.29 is 14.3 Å². The number of piperidine rings is 1. The van der Waals surface area contributed by atoms with Gasteiger partial charge in [-0.15, -0.1) is 0 Å². The highest BCUT2D eigenvalue weighted by molar-refractivity contribution is 5.87. The molecule has 2 fully saturated rings. The quantitative estimate of drug-likeness (QED) is 0.705. The second-order valence-electron chi connectivity index (χ2n) is 6.17. The second kappa shape index (κ2) is 4.00. The van der Waals surface area contributed by atoms with E-state index in [-0.39, 0.29) is 24.0 Å². The summed E-state index contributed by atoms with van der Waals surface area (Å²) in [5.74, 6) is 0.438. The Morgan fingerprint density at radius 2 is 1.88 bits per heavy atom. The summed E-state index contributed by atoms with van der Waals surface area (Å²) in [6.07, 6.45) is 2.70. The molecule has 2 bridgehead atoms. The summed E-state index contributed by atoms with van der Waals surface area (Å²) in [7, 11) is 0. The number of amides is 1. The number of rotatable bonds is 1. The third-order valence-corrected chi connectivity index (χ3v) is 3.61. The van der Waals surface area contributed by atoms with Crippen LogP contribution in [0.1, 0.15) is 47.0 Å². The number of likely N-dealkylation sites (tertiary alicyclic amines) is 1. The van der Waals surface area contributed by atoms with E-state index in [2.05, 4.69) is 0 Å². The number of Topliss-reactive ketones (excluding diaryl/α,β-unsaturated/α-hetero) is 1. The number of nitrogens with zero attached hydrogens (tertiary/aromatic N) is 1. The SMILES string of the molecule is CC(=O)[C@@H]1[C@H]2CC[C@@H](C2)N1C(=O)OC(C)(C)C. The maximum Gasteiger partial charge on any atom is 0.411 e. The first-order valence-corrected chi connectivity index (χ1v) is 6.31. The first-order valence-electron chi connectivity index (χ1n) is 6.31. The van der Waals surface area contributed by atoms with Crippen LogP contribution in [0.4, 0.5) is 4.79 Å². The molecule has 0 radical (unpaired) electrons. The summed E-state index contributed by atoms with van der Waals surface area (Å²) in [5, 5.41) is 0. The highest BCUT2D eigenvalue weighted by Crippen LogP contribution is 2.43. The van der Waals surface area contributed by atoms with Gasteiger partial charge in [0.1, 0.15) is 5.60 Å². The summed E-state index contributed by atoms with van der Waals surface area (Å²) >= 11 is 0. The molecule has 2 rings (SSSR count). The van der Waals surface area contributed by atoms with Gasteiger partial charge in [-0.2, -0.15) is 0 Å². The van der Waals surface area contributed by atoms with Gasteiger partial charge >= 0.3 is 6.09 Å². The predicted octanol–water partition coefficient (Wildman–Crippen LogP) is 2.36. The summed E-state index contributed by atoms with van der Waals surface area (Å²) in [6, 6.07) is -0.0349. The molecule has 1 saturated heterocycles. The van der Waals surface area contributed by atoms with Gasteiger partial charge in [-0.1, -0.05) is 0 Å². The van der Waals surface area contributed by atoms with Crippen molar-refractivity contribution in [3.63, 3.8) is 0 Å². The van der Waals surface area contributed by atoms with E-state index >= 15 is 0 Å². The minimum Gasteiger partial charge on any atom is -0.444 e. The van der Waals surface area contributed by atoms with E-state index < -0.39 is 5.60 Å². The van der Waals surface area contributed by atoms with Gasteiger partial charge in [0.05, 0.1) is 6.04 Å². The molecule has 2 aliphatic rings. The smallest absolute Gasteiger partial charge is 0.411 e. The van der Waals surface area contributed by atoms with Crippen LogP contribution in [0.15, 0.2) is 0 Å². The Labute approximate surface area is 102 Å². The minimum atomic E-state index is -0.500. The van der Waals surface area contributed by atoms with E-state index in [9.17, 15) is 9.59 Å².